The molecule has 2 aliphatic rings. The van der Waals surface area contributed by atoms with E-state index in [1.165, 1.54) is 0 Å². The Labute approximate surface area is 159 Å². The van der Waals surface area contributed by atoms with E-state index < -0.39 is 5.41 Å². The first-order valence-corrected chi connectivity index (χ1v) is 9.64. The number of pyridine rings is 1. The number of carbonyl (C=O) groups excluding carboxylic acids is 2. The average molecular weight is 363 g/mol. The number of aromatic nitrogens is 1. The van der Waals surface area contributed by atoms with E-state index >= 15 is 0 Å². The van der Waals surface area contributed by atoms with E-state index in [0.29, 0.717) is 18.5 Å². The highest BCUT2D eigenvalue weighted by atomic mass is 16.2. The second-order valence-corrected chi connectivity index (χ2v) is 7.65. The second kappa shape index (κ2) is 6.48. The lowest BCUT2D eigenvalue weighted by Crippen LogP contribution is -2.48. The third-order valence-corrected chi connectivity index (χ3v) is 6.16. The number of benzene rings is 1. The lowest BCUT2D eigenvalue weighted by molar-refractivity contribution is -0.121. The van der Waals surface area contributed by atoms with Gasteiger partial charge in [-0.05, 0) is 49.9 Å². The fraction of sp³-hybridized carbons (Fsp3) is 0.409. The van der Waals surface area contributed by atoms with E-state index in [9.17, 15) is 9.59 Å². The van der Waals surface area contributed by atoms with Gasteiger partial charge in [-0.15, -0.1) is 0 Å². The lowest BCUT2D eigenvalue weighted by atomic mass is 9.73. The van der Waals surface area contributed by atoms with Crippen LogP contribution < -0.4 is 5.32 Å². The average Bonchev–Trinajstić information content (AvgIpc) is 3.17. The van der Waals surface area contributed by atoms with Crippen LogP contribution in [0.25, 0.3) is 0 Å². The minimum absolute atomic E-state index is 0.0238. The number of fused-ring (bicyclic) bond motifs is 2. The van der Waals surface area contributed by atoms with Crippen LogP contribution in [0.15, 0.2) is 36.5 Å². The predicted molar refractivity (Wildman–Crippen MR) is 105 cm³/mol. The van der Waals surface area contributed by atoms with Crippen molar-refractivity contribution < 1.29 is 9.59 Å². The van der Waals surface area contributed by atoms with Gasteiger partial charge in [0.1, 0.15) is 0 Å². The molecule has 2 aliphatic heterocycles. The third kappa shape index (κ3) is 2.56. The molecule has 3 heterocycles. The largest absolute Gasteiger partial charge is 0.334 e. The van der Waals surface area contributed by atoms with Crippen LogP contribution >= 0.6 is 0 Å². The molecule has 0 bridgehead atoms. The van der Waals surface area contributed by atoms with Gasteiger partial charge in [-0.1, -0.05) is 31.5 Å². The molecule has 5 heteroatoms. The number of likely N-dealkylation sites (tertiary alicyclic amines) is 1. The summed E-state index contributed by atoms with van der Waals surface area (Å²) in [6.45, 7) is 6.59. The van der Waals surface area contributed by atoms with Crippen molar-refractivity contribution in [3.8, 4) is 0 Å². The van der Waals surface area contributed by atoms with Crippen LogP contribution in [-0.4, -0.2) is 34.3 Å². The molecule has 140 valence electrons. The van der Waals surface area contributed by atoms with Crippen LogP contribution in [0.2, 0.25) is 0 Å². The SMILES string of the molecule is CCC[C@@H]1N(C(=O)c2cnc(C)c(C)c2)CC[C@@]12C(=O)Nc1ccccc12. The maximum atomic E-state index is 13.3. The van der Waals surface area contributed by atoms with E-state index in [0.717, 1.165) is 35.3 Å². The van der Waals surface area contributed by atoms with Crippen molar-refractivity contribution in [3.63, 3.8) is 0 Å². The van der Waals surface area contributed by atoms with Crippen LogP contribution in [0.1, 0.15) is 53.4 Å². The van der Waals surface area contributed by atoms with Gasteiger partial charge in [-0.2, -0.15) is 0 Å². The Morgan fingerprint density at radius 1 is 1.33 bits per heavy atom. The molecular formula is C22H25N3O2. The third-order valence-electron chi connectivity index (χ3n) is 6.16. The maximum Gasteiger partial charge on any atom is 0.255 e. The van der Waals surface area contributed by atoms with Crippen LogP contribution in [0, 0.1) is 13.8 Å². The molecule has 1 aromatic carbocycles. The Balaban J connectivity index is 1.75. The number of carbonyl (C=O) groups is 2. The minimum atomic E-state index is -0.643. The Kier molecular flexibility index (Phi) is 4.25. The Hall–Kier alpha value is -2.69. The molecule has 1 N–H and O–H groups in total. The van der Waals surface area contributed by atoms with Crippen molar-refractivity contribution >= 4 is 17.5 Å². The molecule has 27 heavy (non-hydrogen) atoms. The van der Waals surface area contributed by atoms with Crippen LogP contribution in [0.4, 0.5) is 5.69 Å². The molecule has 2 amide bonds. The number of anilines is 1. The minimum Gasteiger partial charge on any atom is -0.334 e. The summed E-state index contributed by atoms with van der Waals surface area (Å²) in [6.07, 6.45) is 4.02. The van der Waals surface area contributed by atoms with Crippen molar-refractivity contribution in [1.29, 1.82) is 0 Å². The zero-order chi connectivity index (χ0) is 19.2. The molecule has 1 saturated heterocycles. The standard InChI is InChI=1S/C22H25N3O2/c1-4-7-19-22(17-8-5-6-9-18(17)24-21(22)27)10-11-25(19)20(26)16-12-14(2)15(3)23-13-16/h5-6,8-9,12-13,19H,4,7,10-11H2,1-3H3,(H,24,27)/t19-,22-/m0/s1. The normalized spacial score (nSPS) is 23.6. The molecule has 1 spiro atoms. The molecule has 0 aliphatic carbocycles. The van der Waals surface area contributed by atoms with Crippen molar-refractivity contribution in [2.75, 3.05) is 11.9 Å². The number of amides is 2. The topological polar surface area (TPSA) is 62.3 Å². The summed E-state index contributed by atoms with van der Waals surface area (Å²) in [5.41, 5.74) is 3.80. The zero-order valence-electron chi connectivity index (χ0n) is 16.1. The van der Waals surface area contributed by atoms with Gasteiger partial charge in [0.2, 0.25) is 5.91 Å². The van der Waals surface area contributed by atoms with E-state index in [1.807, 2.05) is 49.1 Å². The van der Waals surface area contributed by atoms with Gasteiger partial charge < -0.3 is 10.2 Å². The number of nitrogens with one attached hydrogen (secondary N) is 1. The predicted octanol–water partition coefficient (Wildman–Crippen LogP) is 3.60. The molecule has 1 aromatic heterocycles. The van der Waals surface area contributed by atoms with Crippen molar-refractivity contribution in [2.24, 2.45) is 0 Å². The van der Waals surface area contributed by atoms with Crippen molar-refractivity contribution in [1.82, 2.24) is 9.88 Å². The Morgan fingerprint density at radius 2 is 2.11 bits per heavy atom. The van der Waals surface area contributed by atoms with Gasteiger partial charge in [-0.3, -0.25) is 14.6 Å². The summed E-state index contributed by atoms with van der Waals surface area (Å²) in [6, 6.07) is 9.65. The molecule has 4 rings (SSSR count). The molecular weight excluding hydrogens is 338 g/mol. The van der Waals surface area contributed by atoms with Gasteiger partial charge in [0.25, 0.3) is 5.91 Å². The van der Waals surface area contributed by atoms with Gasteiger partial charge in [0.15, 0.2) is 0 Å². The van der Waals surface area contributed by atoms with Gasteiger partial charge in [-0.25, -0.2) is 0 Å². The fourth-order valence-electron chi connectivity index (χ4n) is 4.65. The summed E-state index contributed by atoms with van der Waals surface area (Å²) in [5.74, 6) is -0.00577. The first-order chi connectivity index (χ1) is 13.0. The Bertz CT molecular complexity index is 924. The molecule has 0 unspecified atom stereocenters. The van der Waals surface area contributed by atoms with Crippen LogP contribution in [0.3, 0.4) is 0 Å². The molecule has 2 aromatic rings. The van der Waals surface area contributed by atoms with Crippen molar-refractivity contribution in [2.45, 2.75) is 51.5 Å². The highest BCUT2D eigenvalue weighted by molar-refractivity contribution is 6.08. The first kappa shape index (κ1) is 17.7. The van der Waals surface area contributed by atoms with Gasteiger partial charge in [0, 0.05) is 24.1 Å². The highest BCUT2D eigenvalue weighted by Gasteiger charge is 2.58. The molecule has 2 atom stereocenters. The second-order valence-electron chi connectivity index (χ2n) is 7.65. The van der Waals surface area contributed by atoms with Crippen molar-refractivity contribution in [3.05, 3.63) is 58.9 Å². The molecule has 5 nitrogen and oxygen atoms in total. The first-order valence-electron chi connectivity index (χ1n) is 9.64. The van der Waals surface area contributed by atoms with E-state index in [4.69, 9.17) is 0 Å². The van der Waals surface area contributed by atoms with E-state index in [1.54, 1.807) is 6.20 Å². The summed E-state index contributed by atoms with van der Waals surface area (Å²) in [7, 11) is 0. The number of nitrogens with zero attached hydrogens (tertiary/aromatic N) is 2. The monoisotopic (exact) mass is 363 g/mol. The van der Waals surface area contributed by atoms with Gasteiger partial charge in [0.05, 0.1) is 17.0 Å². The number of hydrogen-bond acceptors (Lipinski definition) is 3. The number of hydrogen-bond donors (Lipinski definition) is 1. The van der Waals surface area contributed by atoms with Crippen LogP contribution in [0.5, 0.6) is 0 Å². The molecule has 1 fully saturated rings. The Morgan fingerprint density at radius 3 is 2.85 bits per heavy atom. The summed E-state index contributed by atoms with van der Waals surface area (Å²) < 4.78 is 0. The number of rotatable bonds is 3. The lowest BCUT2D eigenvalue weighted by Gasteiger charge is -2.34. The quantitative estimate of drug-likeness (QED) is 0.906. The van der Waals surface area contributed by atoms with E-state index in [2.05, 4.69) is 17.2 Å². The number of aryl methyl sites for hydroxylation is 2. The highest BCUT2D eigenvalue weighted by Crippen LogP contribution is 2.49. The summed E-state index contributed by atoms with van der Waals surface area (Å²) >= 11 is 0. The van der Waals surface area contributed by atoms with E-state index in [-0.39, 0.29) is 17.9 Å². The zero-order valence-corrected chi connectivity index (χ0v) is 16.1. The maximum absolute atomic E-state index is 13.3. The summed E-state index contributed by atoms with van der Waals surface area (Å²) in [4.78, 5) is 32.6. The van der Waals surface area contributed by atoms with Gasteiger partial charge >= 0.3 is 0 Å². The fourth-order valence-corrected chi connectivity index (χ4v) is 4.65. The van der Waals surface area contributed by atoms with Crippen LogP contribution in [-0.2, 0) is 10.2 Å². The molecule has 0 radical (unpaired) electrons. The molecule has 0 saturated carbocycles. The number of para-hydroxylation sites is 1. The summed E-state index contributed by atoms with van der Waals surface area (Å²) in [5, 5.41) is 3.05. The smallest absolute Gasteiger partial charge is 0.255 e.